The van der Waals surface area contributed by atoms with Gasteiger partial charge in [0, 0.05) is 0 Å². The minimum Gasteiger partial charge on any atom is -0.507 e. The van der Waals surface area contributed by atoms with Crippen LogP contribution in [0.3, 0.4) is 0 Å². The fourth-order valence-corrected chi connectivity index (χ4v) is 1.41. The van der Waals surface area contributed by atoms with Crippen molar-refractivity contribution in [2.24, 2.45) is 5.92 Å². The molecule has 0 amide bonds. The molecule has 82 valence electrons. The molecule has 1 aromatic rings. The molecule has 1 aromatic carbocycles. The molecule has 0 aliphatic carbocycles. The van der Waals surface area contributed by atoms with Crippen LogP contribution in [0.4, 0.5) is 0 Å². The molecule has 0 fully saturated rings. The van der Waals surface area contributed by atoms with Crippen LogP contribution in [0.1, 0.15) is 36.2 Å². The maximum Gasteiger partial charge on any atom is 0.339 e. The van der Waals surface area contributed by atoms with E-state index < -0.39 is 5.97 Å². The highest BCUT2D eigenvalue weighted by molar-refractivity contribution is 5.91. The van der Waals surface area contributed by atoms with Crippen LogP contribution >= 0.6 is 0 Å². The Hall–Kier alpha value is -1.51. The number of carboxylic acid groups (broad SMARTS) is 1. The van der Waals surface area contributed by atoms with Gasteiger partial charge >= 0.3 is 5.97 Å². The minimum atomic E-state index is -1.08. The second-order valence-corrected chi connectivity index (χ2v) is 4.05. The third kappa shape index (κ3) is 2.98. The highest BCUT2D eigenvalue weighted by Gasteiger charge is 2.12. The number of carboxylic acids is 1. The molecule has 15 heavy (non-hydrogen) atoms. The number of aromatic hydroxyl groups is 1. The van der Waals surface area contributed by atoms with Gasteiger partial charge in [-0.3, -0.25) is 0 Å². The molecular formula is C12H16O3. The minimum absolute atomic E-state index is 0.0174. The molecule has 0 radical (unpaired) electrons. The Labute approximate surface area is 89.4 Å². The zero-order valence-corrected chi connectivity index (χ0v) is 9.03. The lowest BCUT2D eigenvalue weighted by molar-refractivity contribution is 0.0693. The largest absolute Gasteiger partial charge is 0.507 e. The second-order valence-electron chi connectivity index (χ2n) is 4.05. The van der Waals surface area contributed by atoms with Crippen LogP contribution < -0.4 is 0 Å². The average Bonchev–Trinajstić information content (AvgIpc) is 2.15. The number of phenols is 1. The molecule has 0 saturated carbocycles. The number of aryl methyl sites for hydroxylation is 1. The van der Waals surface area contributed by atoms with Crippen LogP contribution in [0.15, 0.2) is 18.2 Å². The van der Waals surface area contributed by atoms with Gasteiger partial charge in [0.15, 0.2) is 0 Å². The van der Waals surface area contributed by atoms with Crippen molar-refractivity contribution >= 4 is 5.97 Å². The van der Waals surface area contributed by atoms with Crippen molar-refractivity contribution < 1.29 is 15.0 Å². The van der Waals surface area contributed by atoms with Crippen molar-refractivity contribution in [3.8, 4) is 5.75 Å². The van der Waals surface area contributed by atoms with Crippen molar-refractivity contribution in [3.63, 3.8) is 0 Å². The summed E-state index contributed by atoms with van der Waals surface area (Å²) in [6.07, 6.45) is 1.65. The monoisotopic (exact) mass is 208 g/mol. The summed E-state index contributed by atoms with van der Waals surface area (Å²) in [4.78, 5) is 10.8. The Morgan fingerprint density at radius 3 is 2.60 bits per heavy atom. The van der Waals surface area contributed by atoms with Crippen LogP contribution in [0, 0.1) is 5.92 Å². The smallest absolute Gasteiger partial charge is 0.339 e. The maximum atomic E-state index is 10.8. The first-order valence-corrected chi connectivity index (χ1v) is 5.06. The van der Waals surface area contributed by atoms with Gasteiger partial charge < -0.3 is 10.2 Å². The summed E-state index contributed by atoms with van der Waals surface area (Å²) in [6.45, 7) is 4.19. The molecule has 0 saturated heterocycles. The third-order valence-electron chi connectivity index (χ3n) is 2.34. The number of benzene rings is 1. The third-order valence-corrected chi connectivity index (χ3v) is 2.34. The highest BCUT2D eigenvalue weighted by atomic mass is 16.4. The Morgan fingerprint density at radius 1 is 1.40 bits per heavy atom. The number of hydrogen-bond acceptors (Lipinski definition) is 2. The molecule has 0 spiro atoms. The molecular weight excluding hydrogens is 192 g/mol. The summed E-state index contributed by atoms with van der Waals surface area (Å²) in [5.74, 6) is -0.637. The van der Waals surface area contributed by atoms with E-state index in [9.17, 15) is 9.90 Å². The lowest BCUT2D eigenvalue weighted by Crippen LogP contribution is -2.00. The van der Waals surface area contributed by atoms with E-state index in [0.29, 0.717) is 17.9 Å². The van der Waals surface area contributed by atoms with Crippen LogP contribution in [-0.2, 0) is 6.42 Å². The molecule has 3 nitrogen and oxygen atoms in total. The Balaban J connectivity index is 2.89. The van der Waals surface area contributed by atoms with Gasteiger partial charge in [0.05, 0.1) is 0 Å². The van der Waals surface area contributed by atoms with Crippen LogP contribution in [0.25, 0.3) is 0 Å². The first kappa shape index (κ1) is 11.6. The van der Waals surface area contributed by atoms with Crippen LogP contribution in [0.5, 0.6) is 5.75 Å². The van der Waals surface area contributed by atoms with E-state index in [2.05, 4.69) is 13.8 Å². The van der Waals surface area contributed by atoms with Gasteiger partial charge in [-0.05, 0) is 30.4 Å². The van der Waals surface area contributed by atoms with Gasteiger partial charge in [0.1, 0.15) is 11.3 Å². The van der Waals surface area contributed by atoms with Crippen molar-refractivity contribution in [2.45, 2.75) is 26.7 Å². The Morgan fingerprint density at radius 2 is 2.07 bits per heavy atom. The van der Waals surface area contributed by atoms with Gasteiger partial charge in [-0.15, -0.1) is 0 Å². The lowest BCUT2D eigenvalue weighted by Gasteiger charge is -2.08. The van der Waals surface area contributed by atoms with E-state index >= 15 is 0 Å². The van der Waals surface area contributed by atoms with Gasteiger partial charge in [-0.2, -0.15) is 0 Å². The summed E-state index contributed by atoms with van der Waals surface area (Å²) < 4.78 is 0. The standard InChI is InChI=1S/C12H16O3/c1-8(2)6-7-9-4-3-5-10(11(9)13)12(14)15/h3-5,8,13H,6-7H2,1-2H3,(H,14,15). The fourth-order valence-electron chi connectivity index (χ4n) is 1.41. The van der Waals surface area contributed by atoms with E-state index in [0.717, 1.165) is 6.42 Å². The molecule has 0 aromatic heterocycles. The Bertz CT molecular complexity index is 356. The number of aromatic carboxylic acids is 1. The molecule has 1 rings (SSSR count). The van der Waals surface area contributed by atoms with Crippen molar-refractivity contribution in [3.05, 3.63) is 29.3 Å². The number of hydrogen-bond donors (Lipinski definition) is 2. The van der Waals surface area contributed by atoms with Crippen molar-refractivity contribution in [1.82, 2.24) is 0 Å². The first-order valence-electron chi connectivity index (χ1n) is 5.06. The zero-order valence-electron chi connectivity index (χ0n) is 9.03. The number of para-hydroxylation sites is 1. The lowest BCUT2D eigenvalue weighted by atomic mass is 10.00. The maximum absolute atomic E-state index is 10.8. The summed E-state index contributed by atoms with van der Waals surface area (Å²) in [6, 6.07) is 4.85. The first-order chi connectivity index (χ1) is 7.02. The van der Waals surface area contributed by atoms with E-state index in [-0.39, 0.29) is 11.3 Å². The van der Waals surface area contributed by atoms with Crippen LogP contribution in [0.2, 0.25) is 0 Å². The molecule has 0 bridgehead atoms. The van der Waals surface area contributed by atoms with E-state index in [1.807, 2.05) is 0 Å². The van der Waals surface area contributed by atoms with Gasteiger partial charge in [0.2, 0.25) is 0 Å². The molecule has 0 atom stereocenters. The van der Waals surface area contributed by atoms with E-state index in [1.165, 1.54) is 6.07 Å². The van der Waals surface area contributed by atoms with Gasteiger partial charge in [-0.25, -0.2) is 4.79 Å². The Kier molecular flexibility index (Phi) is 3.72. The fraction of sp³-hybridized carbons (Fsp3) is 0.417. The predicted octanol–water partition coefficient (Wildman–Crippen LogP) is 2.68. The number of rotatable bonds is 4. The summed E-state index contributed by atoms with van der Waals surface area (Å²) in [5.41, 5.74) is 0.694. The summed E-state index contributed by atoms with van der Waals surface area (Å²) in [7, 11) is 0. The highest BCUT2D eigenvalue weighted by Crippen LogP contribution is 2.24. The topological polar surface area (TPSA) is 57.5 Å². The molecule has 0 heterocycles. The van der Waals surface area contributed by atoms with E-state index in [4.69, 9.17) is 5.11 Å². The van der Waals surface area contributed by atoms with Crippen molar-refractivity contribution in [1.29, 1.82) is 0 Å². The quantitative estimate of drug-likeness (QED) is 0.799. The predicted molar refractivity (Wildman–Crippen MR) is 58.2 cm³/mol. The molecule has 2 N–H and O–H groups in total. The molecule has 3 heteroatoms. The SMILES string of the molecule is CC(C)CCc1cccc(C(=O)O)c1O. The van der Waals surface area contributed by atoms with Crippen molar-refractivity contribution in [2.75, 3.05) is 0 Å². The van der Waals surface area contributed by atoms with Gasteiger partial charge in [0.25, 0.3) is 0 Å². The molecule has 0 unspecified atom stereocenters. The summed E-state index contributed by atoms with van der Waals surface area (Å²) in [5, 5.41) is 18.5. The molecule has 0 aliphatic heterocycles. The van der Waals surface area contributed by atoms with Crippen LogP contribution in [-0.4, -0.2) is 16.2 Å². The zero-order chi connectivity index (χ0) is 11.4. The van der Waals surface area contributed by atoms with Gasteiger partial charge in [-0.1, -0.05) is 26.0 Å². The van der Waals surface area contributed by atoms with E-state index in [1.54, 1.807) is 12.1 Å². The number of carbonyl (C=O) groups is 1. The average molecular weight is 208 g/mol. The summed E-state index contributed by atoms with van der Waals surface area (Å²) >= 11 is 0. The second kappa shape index (κ2) is 4.82. The molecule has 0 aliphatic rings. The normalized spacial score (nSPS) is 10.6.